The van der Waals surface area contributed by atoms with Crippen LogP contribution in [0.2, 0.25) is 0 Å². The number of halogens is 1. The van der Waals surface area contributed by atoms with E-state index in [9.17, 15) is 0 Å². The number of aryl methyl sites for hydroxylation is 2. The lowest BCUT2D eigenvalue weighted by molar-refractivity contribution is 0.463. The summed E-state index contributed by atoms with van der Waals surface area (Å²) in [5.41, 5.74) is 2.13. The lowest BCUT2D eigenvalue weighted by Crippen LogP contribution is -2.36. The quantitative estimate of drug-likeness (QED) is 0.336. The number of nitrogens with one attached hydrogen (secondary N) is 2. The first-order chi connectivity index (χ1) is 12.2. The number of nitrogens with zero attached hydrogens (tertiary/aromatic N) is 2. The standard InChI is InChI=1S/C20H24N4O.HI/c1-4-21-20(23-13-19-24-14(2)15(3)25-19)22-12-17-10-7-9-16-8-5-6-11-18(16)17;/h5-11H,4,12-13H2,1-3H3,(H2,21,22,23);1H. The minimum absolute atomic E-state index is 0. The largest absolute Gasteiger partial charge is 0.444 e. The van der Waals surface area contributed by atoms with Crippen molar-refractivity contribution in [1.29, 1.82) is 0 Å². The van der Waals surface area contributed by atoms with Crippen molar-refractivity contribution in [3.8, 4) is 0 Å². The molecule has 0 radical (unpaired) electrons. The predicted octanol–water partition coefficient (Wildman–Crippen LogP) is 4.32. The molecule has 6 heteroatoms. The van der Waals surface area contributed by atoms with Crippen LogP contribution in [0.4, 0.5) is 0 Å². The Morgan fingerprint density at radius 1 is 1.08 bits per heavy atom. The number of guanidine groups is 1. The molecule has 0 unspecified atom stereocenters. The summed E-state index contributed by atoms with van der Waals surface area (Å²) < 4.78 is 5.61. The molecule has 138 valence electrons. The van der Waals surface area contributed by atoms with E-state index in [2.05, 4.69) is 65.0 Å². The lowest BCUT2D eigenvalue weighted by atomic mass is 10.1. The SMILES string of the molecule is CCNC(=NCc1cccc2ccccc12)NCc1nc(C)c(C)o1.I. The molecule has 1 heterocycles. The van der Waals surface area contributed by atoms with Gasteiger partial charge in [0.15, 0.2) is 5.96 Å². The van der Waals surface area contributed by atoms with E-state index in [1.165, 1.54) is 16.3 Å². The fourth-order valence-corrected chi connectivity index (χ4v) is 2.71. The van der Waals surface area contributed by atoms with E-state index in [-0.39, 0.29) is 24.0 Å². The van der Waals surface area contributed by atoms with Gasteiger partial charge in [-0.1, -0.05) is 42.5 Å². The van der Waals surface area contributed by atoms with Gasteiger partial charge in [-0.3, -0.25) is 0 Å². The highest BCUT2D eigenvalue weighted by atomic mass is 127. The van der Waals surface area contributed by atoms with Crippen LogP contribution in [0.3, 0.4) is 0 Å². The molecule has 0 fully saturated rings. The summed E-state index contributed by atoms with van der Waals surface area (Å²) in [6, 6.07) is 14.7. The third kappa shape index (κ3) is 4.97. The van der Waals surface area contributed by atoms with Gasteiger partial charge in [0.2, 0.25) is 5.89 Å². The maximum atomic E-state index is 5.61. The van der Waals surface area contributed by atoms with E-state index >= 15 is 0 Å². The number of aromatic nitrogens is 1. The van der Waals surface area contributed by atoms with Gasteiger partial charge in [-0.05, 0) is 37.1 Å². The molecule has 2 N–H and O–H groups in total. The fourth-order valence-electron chi connectivity index (χ4n) is 2.71. The van der Waals surface area contributed by atoms with Gasteiger partial charge >= 0.3 is 0 Å². The molecule has 3 aromatic rings. The van der Waals surface area contributed by atoms with Crippen molar-refractivity contribution in [2.75, 3.05) is 6.54 Å². The van der Waals surface area contributed by atoms with Crippen LogP contribution in [-0.2, 0) is 13.1 Å². The summed E-state index contributed by atoms with van der Waals surface area (Å²) in [5, 5.41) is 9.01. The summed E-state index contributed by atoms with van der Waals surface area (Å²) in [6.07, 6.45) is 0. The average molecular weight is 464 g/mol. The number of hydrogen-bond donors (Lipinski definition) is 2. The molecule has 0 spiro atoms. The molecule has 26 heavy (non-hydrogen) atoms. The van der Waals surface area contributed by atoms with Crippen molar-refractivity contribution in [3.63, 3.8) is 0 Å². The number of benzene rings is 2. The van der Waals surface area contributed by atoms with Gasteiger partial charge in [-0.25, -0.2) is 9.98 Å². The van der Waals surface area contributed by atoms with Gasteiger partial charge in [0.05, 0.1) is 18.8 Å². The van der Waals surface area contributed by atoms with Gasteiger partial charge in [0.25, 0.3) is 0 Å². The molecule has 0 saturated heterocycles. The summed E-state index contributed by atoms with van der Waals surface area (Å²) >= 11 is 0. The fraction of sp³-hybridized carbons (Fsp3) is 0.300. The Morgan fingerprint density at radius 2 is 1.85 bits per heavy atom. The first-order valence-electron chi connectivity index (χ1n) is 8.59. The van der Waals surface area contributed by atoms with Crippen LogP contribution in [0.25, 0.3) is 10.8 Å². The van der Waals surface area contributed by atoms with Gasteiger partial charge in [-0.15, -0.1) is 24.0 Å². The Labute approximate surface area is 171 Å². The van der Waals surface area contributed by atoms with Crippen molar-refractivity contribution in [2.24, 2.45) is 4.99 Å². The van der Waals surface area contributed by atoms with Gasteiger partial charge in [0.1, 0.15) is 5.76 Å². The van der Waals surface area contributed by atoms with Crippen LogP contribution in [0.15, 0.2) is 51.9 Å². The molecule has 0 amide bonds. The zero-order chi connectivity index (χ0) is 17.6. The summed E-state index contributed by atoms with van der Waals surface area (Å²) in [5.74, 6) is 2.28. The first kappa shape index (κ1) is 20.2. The molecule has 3 rings (SSSR count). The third-order valence-electron chi connectivity index (χ3n) is 4.11. The first-order valence-corrected chi connectivity index (χ1v) is 8.59. The molecular weight excluding hydrogens is 439 g/mol. The second kappa shape index (κ2) is 9.56. The van der Waals surface area contributed by atoms with Crippen molar-refractivity contribution >= 4 is 40.7 Å². The summed E-state index contributed by atoms with van der Waals surface area (Å²) in [6.45, 7) is 7.84. The van der Waals surface area contributed by atoms with Crippen LogP contribution in [-0.4, -0.2) is 17.5 Å². The highest BCUT2D eigenvalue weighted by Crippen LogP contribution is 2.19. The monoisotopic (exact) mass is 464 g/mol. The summed E-state index contributed by atoms with van der Waals surface area (Å²) in [7, 11) is 0. The molecule has 0 aliphatic rings. The average Bonchev–Trinajstić information content (AvgIpc) is 2.95. The molecule has 1 aromatic heterocycles. The minimum atomic E-state index is 0. The van der Waals surface area contributed by atoms with Crippen molar-refractivity contribution in [1.82, 2.24) is 15.6 Å². The number of rotatable bonds is 5. The topological polar surface area (TPSA) is 62.5 Å². The van der Waals surface area contributed by atoms with E-state index in [1.54, 1.807) is 0 Å². The van der Waals surface area contributed by atoms with Crippen LogP contribution in [0, 0.1) is 13.8 Å². The maximum absolute atomic E-state index is 5.61. The second-order valence-electron chi connectivity index (χ2n) is 5.94. The smallest absolute Gasteiger partial charge is 0.214 e. The van der Waals surface area contributed by atoms with Crippen LogP contribution < -0.4 is 10.6 Å². The maximum Gasteiger partial charge on any atom is 0.214 e. The zero-order valence-corrected chi connectivity index (χ0v) is 17.7. The van der Waals surface area contributed by atoms with Crippen LogP contribution >= 0.6 is 24.0 Å². The summed E-state index contributed by atoms with van der Waals surface area (Å²) in [4.78, 5) is 9.09. The molecule has 0 aliphatic carbocycles. The minimum Gasteiger partial charge on any atom is -0.444 e. The van der Waals surface area contributed by atoms with Gasteiger partial charge < -0.3 is 15.1 Å². The Balaban J connectivity index is 0.00000243. The number of fused-ring (bicyclic) bond motifs is 1. The predicted molar refractivity (Wildman–Crippen MR) is 117 cm³/mol. The Bertz CT molecular complexity index is 864. The molecule has 0 saturated carbocycles. The molecular formula is C20H25IN4O. The third-order valence-corrected chi connectivity index (χ3v) is 4.11. The van der Waals surface area contributed by atoms with Gasteiger partial charge in [0, 0.05) is 6.54 Å². The zero-order valence-electron chi connectivity index (χ0n) is 15.4. The molecule has 0 atom stereocenters. The highest BCUT2D eigenvalue weighted by Gasteiger charge is 2.06. The van der Waals surface area contributed by atoms with Crippen molar-refractivity contribution in [3.05, 3.63) is 65.4 Å². The van der Waals surface area contributed by atoms with E-state index < -0.39 is 0 Å². The van der Waals surface area contributed by atoms with E-state index in [0.29, 0.717) is 19.0 Å². The Kier molecular flexibility index (Phi) is 7.44. The van der Waals surface area contributed by atoms with Crippen LogP contribution in [0.5, 0.6) is 0 Å². The molecule has 0 bridgehead atoms. The van der Waals surface area contributed by atoms with Crippen molar-refractivity contribution < 1.29 is 4.42 Å². The molecule has 0 aliphatic heterocycles. The van der Waals surface area contributed by atoms with E-state index in [4.69, 9.17) is 9.41 Å². The molecule has 5 nitrogen and oxygen atoms in total. The molecule has 2 aromatic carbocycles. The van der Waals surface area contributed by atoms with Gasteiger partial charge in [-0.2, -0.15) is 0 Å². The number of aliphatic imine (C=N–C) groups is 1. The highest BCUT2D eigenvalue weighted by molar-refractivity contribution is 14.0. The van der Waals surface area contributed by atoms with Crippen LogP contribution in [0.1, 0.15) is 29.8 Å². The van der Waals surface area contributed by atoms with E-state index in [1.807, 2.05) is 13.8 Å². The number of oxazole rings is 1. The van der Waals surface area contributed by atoms with E-state index in [0.717, 1.165) is 24.0 Å². The normalized spacial score (nSPS) is 11.3. The Morgan fingerprint density at radius 3 is 2.58 bits per heavy atom. The Hall–Kier alpha value is -2.09. The lowest BCUT2D eigenvalue weighted by Gasteiger charge is -2.10. The number of hydrogen-bond acceptors (Lipinski definition) is 3. The van der Waals surface area contributed by atoms with Crippen molar-refractivity contribution in [2.45, 2.75) is 33.9 Å². The second-order valence-corrected chi connectivity index (χ2v) is 5.94.